The van der Waals surface area contributed by atoms with Crippen molar-refractivity contribution >= 4 is 0 Å². The number of benzene rings is 1. The number of ether oxygens (including phenoxy) is 1. The highest BCUT2D eigenvalue weighted by molar-refractivity contribution is 5.62. The Hall–Kier alpha value is -1.81. The Bertz CT molecular complexity index is 491. The Balaban J connectivity index is 2.48. The number of hydrogen-bond acceptors (Lipinski definition) is 3. The molecule has 0 fully saturated rings. The molecule has 0 saturated heterocycles. The topological polar surface area (TPSA) is 53.1 Å². The van der Waals surface area contributed by atoms with Crippen molar-refractivity contribution in [1.29, 1.82) is 0 Å². The van der Waals surface area contributed by atoms with E-state index in [1.807, 2.05) is 36.0 Å². The van der Waals surface area contributed by atoms with E-state index in [1.54, 1.807) is 13.3 Å². The molecule has 1 heterocycles. The van der Waals surface area contributed by atoms with E-state index >= 15 is 0 Å². The van der Waals surface area contributed by atoms with Gasteiger partial charge >= 0.3 is 0 Å². The molecule has 0 aliphatic carbocycles. The summed E-state index contributed by atoms with van der Waals surface area (Å²) in [6.45, 7) is 0.467. The third kappa shape index (κ3) is 1.79. The lowest BCUT2D eigenvalue weighted by Gasteiger charge is -2.09. The Morgan fingerprint density at radius 1 is 1.38 bits per heavy atom. The van der Waals surface area contributed by atoms with Gasteiger partial charge in [0.25, 0.3) is 0 Å². The number of aromatic nitrogens is 2. The summed E-state index contributed by atoms with van der Waals surface area (Å²) in [6.07, 6.45) is 1.78. The number of rotatable bonds is 3. The number of methoxy groups -OCH3 is 1. The van der Waals surface area contributed by atoms with Gasteiger partial charge in [0.2, 0.25) is 0 Å². The summed E-state index contributed by atoms with van der Waals surface area (Å²) in [6, 6.07) is 7.96. The highest BCUT2D eigenvalue weighted by atomic mass is 16.5. The highest BCUT2D eigenvalue weighted by Crippen LogP contribution is 2.25. The standard InChI is InChI=1S/C12H15N3O/c1-15-11(5-6-14-15)9-3-4-12(16-2)10(7-9)8-13/h3-7H,8,13H2,1-2H3. The summed E-state index contributed by atoms with van der Waals surface area (Å²) < 4.78 is 7.07. The van der Waals surface area contributed by atoms with Gasteiger partial charge in [0.05, 0.1) is 12.8 Å². The third-order valence-corrected chi connectivity index (χ3v) is 2.62. The quantitative estimate of drug-likeness (QED) is 0.848. The molecule has 0 aliphatic rings. The second-order valence-electron chi connectivity index (χ2n) is 3.57. The maximum atomic E-state index is 5.68. The smallest absolute Gasteiger partial charge is 0.123 e. The molecule has 1 aromatic carbocycles. The van der Waals surface area contributed by atoms with E-state index in [-0.39, 0.29) is 0 Å². The van der Waals surface area contributed by atoms with Gasteiger partial charge in [-0.05, 0) is 24.3 Å². The largest absolute Gasteiger partial charge is 0.496 e. The fourth-order valence-corrected chi connectivity index (χ4v) is 1.75. The first-order valence-corrected chi connectivity index (χ1v) is 5.11. The van der Waals surface area contributed by atoms with E-state index in [0.717, 1.165) is 22.6 Å². The molecule has 1 aromatic heterocycles. The molecule has 4 nitrogen and oxygen atoms in total. The number of nitrogens with two attached hydrogens (primary N) is 1. The molecular formula is C12H15N3O. The third-order valence-electron chi connectivity index (χ3n) is 2.62. The summed E-state index contributed by atoms with van der Waals surface area (Å²) in [7, 11) is 3.57. The molecule has 0 atom stereocenters. The molecule has 0 radical (unpaired) electrons. The van der Waals surface area contributed by atoms with Gasteiger partial charge < -0.3 is 10.5 Å². The van der Waals surface area contributed by atoms with E-state index in [2.05, 4.69) is 5.10 Å². The van der Waals surface area contributed by atoms with E-state index in [0.29, 0.717) is 6.54 Å². The SMILES string of the molecule is COc1ccc(-c2ccnn2C)cc1CN. The van der Waals surface area contributed by atoms with Crippen LogP contribution in [-0.4, -0.2) is 16.9 Å². The predicted octanol–water partition coefficient (Wildman–Crippen LogP) is 1.55. The monoisotopic (exact) mass is 217 g/mol. The first kappa shape index (κ1) is 10.7. The lowest BCUT2D eigenvalue weighted by atomic mass is 10.1. The Morgan fingerprint density at radius 2 is 2.19 bits per heavy atom. The van der Waals surface area contributed by atoms with E-state index in [4.69, 9.17) is 10.5 Å². The van der Waals surface area contributed by atoms with E-state index in [9.17, 15) is 0 Å². The number of hydrogen-bond donors (Lipinski definition) is 1. The molecule has 84 valence electrons. The molecule has 0 spiro atoms. The normalized spacial score (nSPS) is 10.4. The van der Waals surface area contributed by atoms with Gasteiger partial charge in [-0.15, -0.1) is 0 Å². The molecule has 2 rings (SSSR count). The molecular weight excluding hydrogens is 202 g/mol. The second kappa shape index (κ2) is 4.37. The first-order chi connectivity index (χ1) is 7.76. The Morgan fingerprint density at radius 3 is 2.75 bits per heavy atom. The fraction of sp³-hybridized carbons (Fsp3) is 0.250. The maximum Gasteiger partial charge on any atom is 0.123 e. The van der Waals surface area contributed by atoms with Crippen LogP contribution < -0.4 is 10.5 Å². The molecule has 0 aliphatic heterocycles. The van der Waals surface area contributed by atoms with Crippen molar-refractivity contribution in [1.82, 2.24) is 9.78 Å². The average Bonchev–Trinajstić information content (AvgIpc) is 2.74. The minimum atomic E-state index is 0.467. The summed E-state index contributed by atoms with van der Waals surface area (Å²) in [5.41, 5.74) is 8.85. The molecule has 0 saturated carbocycles. The van der Waals surface area contributed by atoms with Crippen LogP contribution in [-0.2, 0) is 13.6 Å². The van der Waals surface area contributed by atoms with Crippen LogP contribution in [0.15, 0.2) is 30.5 Å². The molecule has 0 amide bonds. The van der Waals surface area contributed by atoms with Crippen LogP contribution in [0.5, 0.6) is 5.75 Å². The molecule has 0 bridgehead atoms. The summed E-state index contributed by atoms with van der Waals surface area (Å²) in [4.78, 5) is 0. The van der Waals surface area contributed by atoms with Gasteiger partial charge in [-0.25, -0.2) is 0 Å². The Labute approximate surface area is 94.6 Å². The fourth-order valence-electron chi connectivity index (χ4n) is 1.75. The van der Waals surface area contributed by atoms with Crippen LogP contribution in [0.4, 0.5) is 0 Å². The first-order valence-electron chi connectivity index (χ1n) is 5.11. The van der Waals surface area contributed by atoms with Crippen molar-refractivity contribution in [3.05, 3.63) is 36.0 Å². The van der Waals surface area contributed by atoms with Gasteiger partial charge in [-0.3, -0.25) is 4.68 Å². The van der Waals surface area contributed by atoms with Crippen LogP contribution in [0.2, 0.25) is 0 Å². The maximum absolute atomic E-state index is 5.68. The van der Waals surface area contributed by atoms with Crippen LogP contribution in [0, 0.1) is 0 Å². The molecule has 2 aromatic rings. The summed E-state index contributed by atoms with van der Waals surface area (Å²) in [5, 5.41) is 4.15. The zero-order chi connectivity index (χ0) is 11.5. The summed E-state index contributed by atoms with van der Waals surface area (Å²) >= 11 is 0. The van der Waals surface area contributed by atoms with Crippen molar-refractivity contribution in [2.75, 3.05) is 7.11 Å². The number of aryl methyl sites for hydroxylation is 1. The second-order valence-corrected chi connectivity index (χ2v) is 3.57. The van der Waals surface area contributed by atoms with Crippen molar-refractivity contribution in [3.8, 4) is 17.0 Å². The predicted molar refractivity (Wildman–Crippen MR) is 63.1 cm³/mol. The molecule has 0 unspecified atom stereocenters. The van der Waals surface area contributed by atoms with Crippen LogP contribution >= 0.6 is 0 Å². The van der Waals surface area contributed by atoms with Crippen molar-refractivity contribution in [2.24, 2.45) is 12.8 Å². The highest BCUT2D eigenvalue weighted by Gasteiger charge is 2.06. The van der Waals surface area contributed by atoms with Crippen LogP contribution in [0.3, 0.4) is 0 Å². The lowest BCUT2D eigenvalue weighted by molar-refractivity contribution is 0.410. The van der Waals surface area contributed by atoms with Crippen LogP contribution in [0.1, 0.15) is 5.56 Å². The van der Waals surface area contributed by atoms with Crippen molar-refractivity contribution in [3.63, 3.8) is 0 Å². The molecule has 2 N–H and O–H groups in total. The zero-order valence-electron chi connectivity index (χ0n) is 9.47. The molecule has 16 heavy (non-hydrogen) atoms. The van der Waals surface area contributed by atoms with Crippen molar-refractivity contribution in [2.45, 2.75) is 6.54 Å². The van der Waals surface area contributed by atoms with Gasteiger partial charge in [0.1, 0.15) is 5.75 Å². The van der Waals surface area contributed by atoms with Gasteiger partial charge in [0.15, 0.2) is 0 Å². The lowest BCUT2D eigenvalue weighted by Crippen LogP contribution is -2.01. The Kier molecular flexibility index (Phi) is 2.92. The molecule has 4 heteroatoms. The van der Waals surface area contributed by atoms with E-state index < -0.39 is 0 Å². The summed E-state index contributed by atoms with van der Waals surface area (Å²) in [5.74, 6) is 0.827. The van der Waals surface area contributed by atoms with Gasteiger partial charge in [-0.1, -0.05) is 0 Å². The van der Waals surface area contributed by atoms with E-state index in [1.165, 1.54) is 0 Å². The minimum Gasteiger partial charge on any atom is -0.496 e. The van der Waals surface area contributed by atoms with Crippen LogP contribution in [0.25, 0.3) is 11.3 Å². The number of nitrogens with zero attached hydrogens (tertiary/aromatic N) is 2. The average molecular weight is 217 g/mol. The van der Waals surface area contributed by atoms with Gasteiger partial charge in [-0.2, -0.15) is 5.10 Å². The van der Waals surface area contributed by atoms with Crippen molar-refractivity contribution < 1.29 is 4.74 Å². The van der Waals surface area contributed by atoms with Gasteiger partial charge in [0, 0.05) is 30.9 Å². The zero-order valence-corrected chi connectivity index (χ0v) is 9.47. The minimum absolute atomic E-state index is 0.467.